The van der Waals surface area contributed by atoms with Crippen molar-refractivity contribution in [3.63, 3.8) is 0 Å². The monoisotopic (exact) mass is 297 g/mol. The molecule has 0 radical (unpaired) electrons. The summed E-state index contributed by atoms with van der Waals surface area (Å²) < 4.78 is 1.78. The molecule has 1 N–H and O–H groups in total. The molecule has 6 heteroatoms. The topological polar surface area (TPSA) is 76.5 Å². The lowest BCUT2D eigenvalue weighted by Crippen LogP contribution is -2.12. The molecule has 0 bridgehead atoms. The zero-order valence-corrected chi connectivity index (χ0v) is 13.0. The molecule has 2 heterocycles. The number of para-hydroxylation sites is 1. The molecule has 3 aromatic rings. The van der Waals surface area contributed by atoms with Crippen molar-refractivity contribution in [2.45, 2.75) is 33.7 Å². The second-order valence-electron chi connectivity index (χ2n) is 5.70. The highest BCUT2D eigenvalue weighted by molar-refractivity contribution is 5.78. The number of aromatic nitrogens is 5. The first-order valence-electron chi connectivity index (χ1n) is 7.51. The van der Waals surface area contributed by atoms with E-state index in [4.69, 9.17) is 0 Å². The van der Waals surface area contributed by atoms with Crippen molar-refractivity contribution >= 4 is 10.9 Å². The number of aromatic amines is 1. The highest BCUT2D eigenvalue weighted by Crippen LogP contribution is 2.16. The van der Waals surface area contributed by atoms with E-state index in [9.17, 15) is 4.79 Å². The molecule has 0 saturated heterocycles. The van der Waals surface area contributed by atoms with Gasteiger partial charge in [-0.15, -0.1) is 0 Å². The van der Waals surface area contributed by atoms with Gasteiger partial charge in [0.2, 0.25) is 0 Å². The number of rotatable bonds is 4. The summed E-state index contributed by atoms with van der Waals surface area (Å²) >= 11 is 0. The van der Waals surface area contributed by atoms with Crippen LogP contribution in [0.3, 0.4) is 0 Å². The molecule has 22 heavy (non-hydrogen) atoms. The largest absolute Gasteiger partial charge is 0.303 e. The van der Waals surface area contributed by atoms with Gasteiger partial charge in [0.1, 0.15) is 0 Å². The maximum atomic E-state index is 12.2. The lowest BCUT2D eigenvalue weighted by Gasteiger charge is -2.03. The molecule has 1 aromatic carbocycles. The van der Waals surface area contributed by atoms with Crippen LogP contribution < -0.4 is 5.56 Å². The van der Waals surface area contributed by atoms with Crippen LogP contribution in [0.2, 0.25) is 0 Å². The number of benzene rings is 1. The second-order valence-corrected chi connectivity index (χ2v) is 5.70. The number of aryl methyl sites for hydroxylation is 1. The predicted octanol–water partition coefficient (Wildman–Crippen LogP) is 2.40. The smallest absolute Gasteiger partial charge is 0.259 e. The number of fused-ring (bicyclic) bond motifs is 1. The van der Waals surface area contributed by atoms with Gasteiger partial charge < -0.3 is 4.98 Å². The van der Waals surface area contributed by atoms with Gasteiger partial charge in [-0.3, -0.25) is 4.79 Å². The molecular formula is C16H19N5O. The van der Waals surface area contributed by atoms with Crippen LogP contribution in [0.5, 0.6) is 0 Å². The van der Waals surface area contributed by atoms with E-state index < -0.39 is 0 Å². The summed E-state index contributed by atoms with van der Waals surface area (Å²) in [4.78, 5) is 24.1. The third-order valence-electron chi connectivity index (χ3n) is 3.43. The van der Waals surface area contributed by atoms with Gasteiger partial charge in [-0.2, -0.15) is 5.10 Å². The van der Waals surface area contributed by atoms with E-state index in [2.05, 4.69) is 33.9 Å². The molecule has 0 spiro atoms. The Balaban J connectivity index is 2.14. The van der Waals surface area contributed by atoms with Gasteiger partial charge >= 0.3 is 0 Å². The quantitative estimate of drug-likeness (QED) is 0.802. The van der Waals surface area contributed by atoms with E-state index in [1.165, 1.54) is 0 Å². The fraction of sp³-hybridized carbons (Fsp3) is 0.375. The molecule has 0 aliphatic rings. The third kappa shape index (κ3) is 2.64. The number of nitrogens with zero attached hydrogens (tertiary/aromatic N) is 4. The van der Waals surface area contributed by atoms with Crippen LogP contribution in [0.25, 0.3) is 22.6 Å². The van der Waals surface area contributed by atoms with Crippen LogP contribution in [-0.2, 0) is 13.0 Å². The predicted molar refractivity (Wildman–Crippen MR) is 85.6 cm³/mol. The van der Waals surface area contributed by atoms with Crippen LogP contribution in [0.1, 0.15) is 26.6 Å². The van der Waals surface area contributed by atoms with Gasteiger partial charge in [0.15, 0.2) is 17.5 Å². The van der Waals surface area contributed by atoms with Crippen molar-refractivity contribution < 1.29 is 0 Å². The van der Waals surface area contributed by atoms with E-state index in [-0.39, 0.29) is 5.56 Å². The molecule has 0 unspecified atom stereocenters. The Morgan fingerprint density at radius 3 is 2.73 bits per heavy atom. The van der Waals surface area contributed by atoms with Crippen LogP contribution in [0.15, 0.2) is 29.1 Å². The minimum absolute atomic E-state index is 0.156. The minimum atomic E-state index is -0.156. The molecule has 114 valence electrons. The third-order valence-corrected chi connectivity index (χ3v) is 3.43. The molecule has 0 saturated carbocycles. The lowest BCUT2D eigenvalue weighted by atomic mass is 10.1. The van der Waals surface area contributed by atoms with Crippen LogP contribution in [0, 0.1) is 5.92 Å². The number of nitrogens with one attached hydrogen (secondary N) is 1. The number of hydrogen-bond acceptors (Lipinski definition) is 4. The van der Waals surface area contributed by atoms with E-state index in [1.54, 1.807) is 10.7 Å². The van der Waals surface area contributed by atoms with Crippen LogP contribution >= 0.6 is 0 Å². The SMILES string of the molecule is CCn1nc(CC(C)C)nc1-c1nc2ccccc2c(=O)[nH]1. The Kier molecular flexibility index (Phi) is 3.75. The van der Waals surface area contributed by atoms with E-state index in [0.29, 0.717) is 35.0 Å². The zero-order chi connectivity index (χ0) is 15.7. The first-order valence-corrected chi connectivity index (χ1v) is 7.51. The summed E-state index contributed by atoms with van der Waals surface area (Å²) in [6.45, 7) is 6.93. The van der Waals surface area contributed by atoms with Gasteiger partial charge in [-0.1, -0.05) is 26.0 Å². The molecular weight excluding hydrogens is 278 g/mol. The summed E-state index contributed by atoms with van der Waals surface area (Å²) in [5, 5.41) is 5.08. The fourth-order valence-electron chi connectivity index (χ4n) is 2.43. The Morgan fingerprint density at radius 2 is 2.00 bits per heavy atom. The summed E-state index contributed by atoms with van der Waals surface area (Å²) in [5.41, 5.74) is 0.508. The lowest BCUT2D eigenvalue weighted by molar-refractivity contribution is 0.597. The molecule has 0 fully saturated rings. The summed E-state index contributed by atoms with van der Waals surface area (Å²) in [7, 11) is 0. The van der Waals surface area contributed by atoms with Crippen molar-refractivity contribution in [1.82, 2.24) is 24.7 Å². The maximum Gasteiger partial charge on any atom is 0.259 e. The zero-order valence-electron chi connectivity index (χ0n) is 13.0. The standard InChI is InChI=1S/C16H19N5O/c1-4-21-15(18-13(20-21)9-10(2)3)14-17-12-8-6-5-7-11(12)16(22)19-14/h5-8,10H,4,9H2,1-3H3,(H,17,19,22). The Morgan fingerprint density at radius 1 is 1.23 bits per heavy atom. The van der Waals surface area contributed by atoms with Gasteiger partial charge in [-0.25, -0.2) is 14.6 Å². The molecule has 0 aliphatic heterocycles. The van der Waals surface area contributed by atoms with Crippen molar-refractivity contribution in [3.05, 3.63) is 40.4 Å². The summed E-state index contributed by atoms with van der Waals surface area (Å²) in [6, 6.07) is 7.29. The maximum absolute atomic E-state index is 12.2. The molecule has 3 rings (SSSR count). The molecule has 6 nitrogen and oxygen atoms in total. The van der Waals surface area contributed by atoms with E-state index in [0.717, 1.165) is 12.2 Å². The van der Waals surface area contributed by atoms with Gasteiger partial charge in [0.05, 0.1) is 10.9 Å². The van der Waals surface area contributed by atoms with Crippen molar-refractivity contribution in [3.8, 4) is 11.6 Å². The van der Waals surface area contributed by atoms with Crippen molar-refractivity contribution in [2.24, 2.45) is 5.92 Å². The van der Waals surface area contributed by atoms with Crippen molar-refractivity contribution in [2.75, 3.05) is 0 Å². The van der Waals surface area contributed by atoms with Crippen LogP contribution in [0.4, 0.5) is 0 Å². The molecule has 2 aromatic heterocycles. The molecule has 0 atom stereocenters. The van der Waals surface area contributed by atoms with Gasteiger partial charge in [0, 0.05) is 13.0 Å². The van der Waals surface area contributed by atoms with E-state index >= 15 is 0 Å². The Labute approximate surface area is 128 Å². The first kappa shape index (κ1) is 14.4. The minimum Gasteiger partial charge on any atom is -0.303 e. The summed E-state index contributed by atoms with van der Waals surface area (Å²) in [6.07, 6.45) is 0.803. The number of H-pyrrole nitrogens is 1. The summed E-state index contributed by atoms with van der Waals surface area (Å²) in [5.74, 6) is 2.33. The highest BCUT2D eigenvalue weighted by Gasteiger charge is 2.15. The van der Waals surface area contributed by atoms with Gasteiger partial charge in [0.25, 0.3) is 5.56 Å². The first-order chi connectivity index (χ1) is 10.6. The molecule has 0 amide bonds. The average molecular weight is 297 g/mol. The Bertz CT molecular complexity index is 862. The normalized spacial score (nSPS) is 11.5. The highest BCUT2D eigenvalue weighted by atomic mass is 16.1. The van der Waals surface area contributed by atoms with Gasteiger partial charge in [-0.05, 0) is 25.0 Å². The van der Waals surface area contributed by atoms with Crippen LogP contribution in [-0.4, -0.2) is 24.7 Å². The second kappa shape index (κ2) is 5.71. The fourth-order valence-corrected chi connectivity index (χ4v) is 2.43. The average Bonchev–Trinajstić information content (AvgIpc) is 2.89. The molecule has 0 aliphatic carbocycles. The van der Waals surface area contributed by atoms with Crippen molar-refractivity contribution in [1.29, 1.82) is 0 Å². The Hall–Kier alpha value is -2.50. The number of hydrogen-bond donors (Lipinski definition) is 1. The van der Waals surface area contributed by atoms with E-state index in [1.807, 2.05) is 25.1 Å².